The standard InChI is InChI=1S/C14H19NO2.C11H12N2O/c1-4-7-15-14(17)13-6-5-12(9-11(3)16)10(2)8-13;1-3-9-5-4-6-10(7-9)11-12-8(2)14-13-11/h5-6,8H,4,7,9H2,1-3H3,(H,15,17);4-7H,3H2,1-2H3. The Morgan fingerprint density at radius 2 is 1.84 bits per heavy atom. The predicted octanol–water partition coefficient (Wildman–Crippen LogP) is 4.87. The number of nitrogens with zero attached hydrogens (tertiary/aromatic N) is 2. The van der Waals surface area contributed by atoms with Gasteiger partial charge in [-0.3, -0.25) is 9.59 Å². The predicted molar refractivity (Wildman–Crippen MR) is 122 cm³/mol. The molecular weight excluding hydrogens is 390 g/mol. The average Bonchev–Trinajstić information content (AvgIpc) is 3.20. The molecule has 2 aromatic carbocycles. The Labute approximate surface area is 184 Å². The fourth-order valence-electron chi connectivity index (χ4n) is 2.99. The minimum Gasteiger partial charge on any atom is -0.352 e. The van der Waals surface area contributed by atoms with Gasteiger partial charge in [0.1, 0.15) is 5.78 Å². The molecule has 6 heteroatoms. The summed E-state index contributed by atoms with van der Waals surface area (Å²) in [6.07, 6.45) is 2.38. The molecule has 0 radical (unpaired) electrons. The normalized spacial score (nSPS) is 10.2. The summed E-state index contributed by atoms with van der Waals surface area (Å²) in [5.41, 5.74) is 4.93. The first-order valence-electron chi connectivity index (χ1n) is 10.6. The monoisotopic (exact) mass is 421 g/mol. The van der Waals surface area contributed by atoms with Crippen LogP contribution in [0, 0.1) is 13.8 Å². The molecule has 0 aliphatic heterocycles. The van der Waals surface area contributed by atoms with E-state index in [1.165, 1.54) is 5.56 Å². The number of ketones is 1. The van der Waals surface area contributed by atoms with Gasteiger partial charge in [-0.1, -0.05) is 43.3 Å². The Morgan fingerprint density at radius 1 is 1.06 bits per heavy atom. The molecule has 3 rings (SSSR count). The number of benzene rings is 2. The quantitative estimate of drug-likeness (QED) is 0.588. The zero-order valence-corrected chi connectivity index (χ0v) is 19.0. The maximum absolute atomic E-state index is 11.7. The van der Waals surface area contributed by atoms with Crippen molar-refractivity contribution in [3.63, 3.8) is 0 Å². The van der Waals surface area contributed by atoms with Gasteiger partial charge in [-0.15, -0.1) is 0 Å². The zero-order chi connectivity index (χ0) is 22.8. The van der Waals surface area contributed by atoms with Crippen LogP contribution in [0.15, 0.2) is 47.0 Å². The van der Waals surface area contributed by atoms with Crippen molar-refractivity contribution in [3.8, 4) is 11.4 Å². The number of hydrogen-bond acceptors (Lipinski definition) is 5. The second-order valence-corrected chi connectivity index (χ2v) is 7.47. The Morgan fingerprint density at radius 3 is 2.42 bits per heavy atom. The van der Waals surface area contributed by atoms with Gasteiger partial charge >= 0.3 is 0 Å². The number of nitrogens with one attached hydrogen (secondary N) is 1. The highest BCUT2D eigenvalue weighted by Gasteiger charge is 2.08. The van der Waals surface area contributed by atoms with Crippen LogP contribution < -0.4 is 5.32 Å². The number of carbonyl (C=O) groups excluding carboxylic acids is 2. The largest absolute Gasteiger partial charge is 0.352 e. The molecule has 31 heavy (non-hydrogen) atoms. The third kappa shape index (κ3) is 7.48. The lowest BCUT2D eigenvalue weighted by molar-refractivity contribution is -0.116. The van der Waals surface area contributed by atoms with Gasteiger partial charge in [0, 0.05) is 31.0 Å². The van der Waals surface area contributed by atoms with Crippen molar-refractivity contribution in [2.45, 2.75) is 53.9 Å². The summed E-state index contributed by atoms with van der Waals surface area (Å²) in [5.74, 6) is 1.35. The van der Waals surface area contributed by atoms with Crippen LogP contribution >= 0.6 is 0 Å². The Hall–Kier alpha value is -3.28. The van der Waals surface area contributed by atoms with Crippen molar-refractivity contribution in [3.05, 3.63) is 70.6 Å². The summed E-state index contributed by atoms with van der Waals surface area (Å²) in [6.45, 7) is 10.1. The van der Waals surface area contributed by atoms with Crippen molar-refractivity contribution in [2.75, 3.05) is 6.54 Å². The molecular formula is C25H31N3O3. The highest BCUT2D eigenvalue weighted by molar-refractivity contribution is 5.94. The van der Waals surface area contributed by atoms with Gasteiger partial charge in [0.25, 0.3) is 5.91 Å². The summed E-state index contributed by atoms with van der Waals surface area (Å²) >= 11 is 0. The maximum Gasteiger partial charge on any atom is 0.251 e. The van der Waals surface area contributed by atoms with Gasteiger partial charge in [0.2, 0.25) is 11.7 Å². The van der Waals surface area contributed by atoms with E-state index in [-0.39, 0.29) is 11.7 Å². The van der Waals surface area contributed by atoms with Crippen LogP contribution in [-0.4, -0.2) is 28.4 Å². The van der Waals surface area contributed by atoms with Gasteiger partial charge in [-0.05, 0) is 61.6 Å². The maximum atomic E-state index is 11.7. The molecule has 1 aromatic heterocycles. The van der Waals surface area contributed by atoms with E-state index in [1.807, 2.05) is 38.1 Å². The van der Waals surface area contributed by atoms with Crippen LogP contribution in [0.25, 0.3) is 11.4 Å². The van der Waals surface area contributed by atoms with E-state index in [0.29, 0.717) is 30.2 Å². The molecule has 0 saturated carbocycles. The number of aryl methyl sites for hydroxylation is 3. The average molecular weight is 422 g/mol. The number of aromatic nitrogens is 2. The smallest absolute Gasteiger partial charge is 0.251 e. The van der Waals surface area contributed by atoms with Crippen molar-refractivity contribution < 1.29 is 14.1 Å². The molecule has 0 unspecified atom stereocenters. The van der Waals surface area contributed by atoms with E-state index in [9.17, 15) is 9.59 Å². The van der Waals surface area contributed by atoms with Gasteiger partial charge in [0.05, 0.1) is 0 Å². The van der Waals surface area contributed by atoms with Crippen LogP contribution in [-0.2, 0) is 17.6 Å². The molecule has 3 aromatic rings. The number of Topliss-reactive ketones (excluding diaryl/α,β-unsaturated/α-hetero) is 1. The van der Waals surface area contributed by atoms with E-state index < -0.39 is 0 Å². The molecule has 0 aliphatic rings. The van der Waals surface area contributed by atoms with E-state index in [0.717, 1.165) is 29.5 Å². The van der Waals surface area contributed by atoms with Gasteiger partial charge in [-0.2, -0.15) is 4.98 Å². The molecule has 1 amide bonds. The number of hydrogen-bond donors (Lipinski definition) is 1. The summed E-state index contributed by atoms with van der Waals surface area (Å²) in [5, 5.41) is 6.71. The molecule has 0 aliphatic carbocycles. The van der Waals surface area contributed by atoms with Crippen LogP contribution in [0.1, 0.15) is 60.1 Å². The summed E-state index contributed by atoms with van der Waals surface area (Å²) < 4.78 is 4.93. The molecule has 0 fully saturated rings. The second kappa shape index (κ2) is 11.8. The fourth-order valence-corrected chi connectivity index (χ4v) is 2.99. The van der Waals surface area contributed by atoms with Crippen molar-refractivity contribution >= 4 is 11.7 Å². The van der Waals surface area contributed by atoms with Crippen LogP contribution in [0.2, 0.25) is 0 Å². The zero-order valence-electron chi connectivity index (χ0n) is 19.0. The molecule has 0 saturated heterocycles. The Kier molecular flexibility index (Phi) is 9.13. The molecule has 6 nitrogen and oxygen atoms in total. The SMILES string of the molecule is CCCNC(=O)c1ccc(CC(C)=O)c(C)c1.CCc1cccc(-c2noc(C)n2)c1. The molecule has 0 bridgehead atoms. The van der Waals surface area contributed by atoms with Crippen LogP contribution in [0.5, 0.6) is 0 Å². The number of rotatable bonds is 7. The summed E-state index contributed by atoms with van der Waals surface area (Å²) in [7, 11) is 0. The third-order valence-corrected chi connectivity index (χ3v) is 4.70. The molecule has 1 heterocycles. The Bertz CT molecular complexity index is 1020. The molecule has 1 N–H and O–H groups in total. The third-order valence-electron chi connectivity index (χ3n) is 4.70. The highest BCUT2D eigenvalue weighted by atomic mass is 16.5. The van der Waals surface area contributed by atoms with Gasteiger partial charge < -0.3 is 9.84 Å². The number of carbonyl (C=O) groups is 2. The molecule has 164 valence electrons. The molecule has 0 atom stereocenters. The van der Waals surface area contributed by atoms with E-state index in [1.54, 1.807) is 19.9 Å². The minimum atomic E-state index is -0.0516. The highest BCUT2D eigenvalue weighted by Crippen LogP contribution is 2.17. The van der Waals surface area contributed by atoms with Crippen molar-refractivity contribution in [2.24, 2.45) is 0 Å². The lowest BCUT2D eigenvalue weighted by Gasteiger charge is -2.07. The van der Waals surface area contributed by atoms with E-state index >= 15 is 0 Å². The first kappa shape index (κ1) is 24.0. The second-order valence-electron chi connectivity index (χ2n) is 7.47. The van der Waals surface area contributed by atoms with Crippen molar-refractivity contribution in [1.29, 1.82) is 0 Å². The van der Waals surface area contributed by atoms with Gasteiger partial charge in [0.15, 0.2) is 0 Å². The fraction of sp³-hybridized carbons (Fsp3) is 0.360. The minimum absolute atomic E-state index is 0.0516. The molecule has 0 spiro atoms. The lowest BCUT2D eigenvalue weighted by Crippen LogP contribution is -2.24. The van der Waals surface area contributed by atoms with Crippen molar-refractivity contribution in [1.82, 2.24) is 15.5 Å². The van der Waals surface area contributed by atoms with E-state index in [2.05, 4.69) is 34.5 Å². The first-order chi connectivity index (χ1) is 14.8. The van der Waals surface area contributed by atoms with Crippen LogP contribution in [0.4, 0.5) is 0 Å². The van der Waals surface area contributed by atoms with E-state index in [4.69, 9.17) is 4.52 Å². The van der Waals surface area contributed by atoms with Gasteiger partial charge in [-0.25, -0.2) is 0 Å². The van der Waals surface area contributed by atoms with Crippen LogP contribution in [0.3, 0.4) is 0 Å². The lowest BCUT2D eigenvalue weighted by atomic mass is 10.0. The Balaban J connectivity index is 0.000000224. The topological polar surface area (TPSA) is 85.1 Å². The first-order valence-corrected chi connectivity index (χ1v) is 10.6. The summed E-state index contributed by atoms with van der Waals surface area (Å²) in [6, 6.07) is 13.7. The summed E-state index contributed by atoms with van der Waals surface area (Å²) in [4.78, 5) is 26.9. The number of amides is 1.